The molecule has 0 aliphatic carbocycles. The smallest absolute Gasteiger partial charge is 0.146 e. The number of aromatic nitrogens is 2. The molecule has 2 nitrogen and oxygen atoms in total. The molecule has 1 heterocycles. The van der Waals surface area contributed by atoms with Gasteiger partial charge in [0.15, 0.2) is 0 Å². The molecule has 1 aromatic rings. The number of hydrogen-bond donors (Lipinski definition) is 0. The van der Waals surface area contributed by atoms with Crippen molar-refractivity contribution < 1.29 is 0 Å². The molecule has 1 unspecified atom stereocenters. The molecule has 1 rings (SSSR count). The Bertz CT molecular complexity index is 278. The fourth-order valence-electron chi connectivity index (χ4n) is 0.779. The van der Waals surface area contributed by atoms with Crippen LogP contribution in [-0.2, 0) is 0 Å². The van der Waals surface area contributed by atoms with Crippen molar-refractivity contribution in [2.24, 2.45) is 0 Å². The van der Waals surface area contributed by atoms with Gasteiger partial charge in [0, 0.05) is 12.1 Å². The Morgan fingerprint density at radius 1 is 1.67 bits per heavy atom. The van der Waals surface area contributed by atoms with Gasteiger partial charge < -0.3 is 0 Å². The summed E-state index contributed by atoms with van der Waals surface area (Å²) in [6.07, 6.45) is 2.80. The molecule has 66 valence electrons. The highest BCUT2D eigenvalue weighted by atomic mass is 127. The maximum atomic E-state index is 5.86. The average molecular weight is 297 g/mol. The van der Waals surface area contributed by atoms with Gasteiger partial charge in [0.25, 0.3) is 0 Å². The molecule has 1 atom stereocenters. The van der Waals surface area contributed by atoms with Gasteiger partial charge in [-0.25, -0.2) is 9.97 Å². The first-order valence-corrected chi connectivity index (χ1v) is 5.28. The van der Waals surface area contributed by atoms with Gasteiger partial charge in [0.05, 0.1) is 3.57 Å². The monoisotopic (exact) mass is 296 g/mol. The lowest BCUT2D eigenvalue weighted by Crippen LogP contribution is -2.00. The molecule has 0 aromatic carbocycles. The van der Waals surface area contributed by atoms with Crippen molar-refractivity contribution in [3.63, 3.8) is 0 Å². The number of rotatable bonds is 2. The van der Waals surface area contributed by atoms with Crippen molar-refractivity contribution in [1.82, 2.24) is 9.97 Å². The predicted molar refractivity (Wildman–Crippen MR) is 58.5 cm³/mol. The third-order valence-electron chi connectivity index (χ3n) is 1.77. The van der Waals surface area contributed by atoms with Crippen molar-refractivity contribution in [1.29, 1.82) is 0 Å². The first-order chi connectivity index (χ1) is 5.65. The minimum atomic E-state index is 0.388. The van der Waals surface area contributed by atoms with Crippen LogP contribution in [0, 0.1) is 3.57 Å². The topological polar surface area (TPSA) is 25.8 Å². The van der Waals surface area contributed by atoms with Crippen molar-refractivity contribution in [3.05, 3.63) is 20.7 Å². The molecule has 0 radical (unpaired) electrons. The van der Waals surface area contributed by atoms with Gasteiger partial charge in [-0.3, -0.25) is 0 Å². The summed E-state index contributed by atoms with van der Waals surface area (Å²) >= 11 is 7.98. The van der Waals surface area contributed by atoms with Gasteiger partial charge in [-0.15, -0.1) is 0 Å². The molecular weight excluding hydrogens is 286 g/mol. The Morgan fingerprint density at radius 3 is 2.83 bits per heavy atom. The Hall–Kier alpha value is 0.1000. The zero-order valence-electron chi connectivity index (χ0n) is 7.01. The Morgan fingerprint density at radius 2 is 2.33 bits per heavy atom. The number of hydrogen-bond acceptors (Lipinski definition) is 2. The molecule has 0 amide bonds. The van der Waals surface area contributed by atoms with Crippen LogP contribution in [0.3, 0.4) is 0 Å². The lowest BCUT2D eigenvalue weighted by Gasteiger charge is -2.06. The summed E-state index contributed by atoms with van der Waals surface area (Å²) in [6.45, 7) is 4.21. The summed E-state index contributed by atoms with van der Waals surface area (Å²) in [5, 5.41) is 0.556. The van der Waals surface area contributed by atoms with Crippen molar-refractivity contribution in [3.8, 4) is 0 Å². The first kappa shape index (κ1) is 10.2. The fourth-order valence-corrected chi connectivity index (χ4v) is 1.17. The van der Waals surface area contributed by atoms with Crippen LogP contribution in [0.15, 0.2) is 6.20 Å². The molecule has 0 spiro atoms. The lowest BCUT2D eigenvalue weighted by atomic mass is 10.1. The van der Waals surface area contributed by atoms with Gasteiger partial charge >= 0.3 is 0 Å². The summed E-state index contributed by atoms with van der Waals surface area (Å²) in [6, 6.07) is 0. The van der Waals surface area contributed by atoms with E-state index in [-0.39, 0.29) is 0 Å². The predicted octanol–water partition coefficient (Wildman–Crippen LogP) is 3.25. The second kappa shape index (κ2) is 4.37. The highest BCUT2D eigenvalue weighted by Crippen LogP contribution is 2.19. The molecule has 0 N–H and O–H groups in total. The lowest BCUT2D eigenvalue weighted by molar-refractivity contribution is 0.677. The fraction of sp³-hybridized carbons (Fsp3) is 0.500. The zero-order valence-corrected chi connectivity index (χ0v) is 9.93. The van der Waals surface area contributed by atoms with Crippen molar-refractivity contribution in [2.75, 3.05) is 0 Å². The van der Waals surface area contributed by atoms with E-state index in [1.807, 2.05) is 0 Å². The Balaban J connectivity index is 2.96. The van der Waals surface area contributed by atoms with Crippen LogP contribution >= 0.6 is 34.2 Å². The number of halogens is 2. The van der Waals surface area contributed by atoms with Crippen LogP contribution in [-0.4, -0.2) is 9.97 Å². The largest absolute Gasteiger partial charge is 0.240 e. The van der Waals surface area contributed by atoms with Gasteiger partial charge in [0.1, 0.15) is 11.0 Å². The normalized spacial score (nSPS) is 13.0. The molecule has 0 bridgehead atoms. The number of nitrogens with zero attached hydrogens (tertiary/aromatic N) is 2. The molecule has 4 heteroatoms. The van der Waals surface area contributed by atoms with E-state index in [9.17, 15) is 0 Å². The third kappa shape index (κ3) is 2.29. The van der Waals surface area contributed by atoms with E-state index in [4.69, 9.17) is 11.6 Å². The van der Waals surface area contributed by atoms with Gasteiger partial charge in [-0.2, -0.15) is 0 Å². The van der Waals surface area contributed by atoms with E-state index in [1.54, 1.807) is 6.20 Å². The second-order valence-electron chi connectivity index (χ2n) is 2.68. The quantitative estimate of drug-likeness (QED) is 0.618. The maximum absolute atomic E-state index is 5.86. The van der Waals surface area contributed by atoms with Crippen LogP contribution in [0.5, 0.6) is 0 Å². The van der Waals surface area contributed by atoms with Crippen LogP contribution in [0.2, 0.25) is 5.15 Å². The highest BCUT2D eigenvalue weighted by Gasteiger charge is 2.07. The van der Waals surface area contributed by atoms with E-state index in [0.29, 0.717) is 11.1 Å². The summed E-state index contributed by atoms with van der Waals surface area (Å²) in [4.78, 5) is 8.40. The summed E-state index contributed by atoms with van der Waals surface area (Å²) in [7, 11) is 0. The molecule has 12 heavy (non-hydrogen) atoms. The Kier molecular flexibility index (Phi) is 3.71. The first-order valence-electron chi connectivity index (χ1n) is 3.83. The molecule has 0 saturated heterocycles. The second-order valence-corrected chi connectivity index (χ2v) is 4.20. The molecule has 0 fully saturated rings. The molecule has 0 aliphatic rings. The molecular formula is C8H10ClIN2. The van der Waals surface area contributed by atoms with Crippen LogP contribution in [0.1, 0.15) is 32.0 Å². The van der Waals surface area contributed by atoms with Gasteiger partial charge in [-0.1, -0.05) is 25.4 Å². The highest BCUT2D eigenvalue weighted by molar-refractivity contribution is 14.1. The van der Waals surface area contributed by atoms with E-state index >= 15 is 0 Å². The minimum Gasteiger partial charge on any atom is -0.240 e. The average Bonchev–Trinajstić information content (AvgIpc) is 2.08. The van der Waals surface area contributed by atoms with E-state index < -0.39 is 0 Å². The SMILES string of the molecule is CCC(C)c1ncc(I)c(Cl)n1. The van der Waals surface area contributed by atoms with Gasteiger partial charge in [-0.05, 0) is 29.0 Å². The van der Waals surface area contributed by atoms with E-state index in [0.717, 1.165) is 15.8 Å². The zero-order chi connectivity index (χ0) is 9.14. The summed E-state index contributed by atoms with van der Waals surface area (Å²) in [5.74, 6) is 1.22. The molecule has 0 aliphatic heterocycles. The van der Waals surface area contributed by atoms with E-state index in [1.165, 1.54) is 0 Å². The van der Waals surface area contributed by atoms with Crippen molar-refractivity contribution in [2.45, 2.75) is 26.2 Å². The van der Waals surface area contributed by atoms with Crippen LogP contribution in [0.4, 0.5) is 0 Å². The van der Waals surface area contributed by atoms with Crippen LogP contribution in [0.25, 0.3) is 0 Å². The third-order valence-corrected chi connectivity index (χ3v) is 3.17. The van der Waals surface area contributed by atoms with Crippen LogP contribution < -0.4 is 0 Å². The standard InChI is InChI=1S/C8H10ClIN2/c1-3-5(2)8-11-4-6(10)7(9)12-8/h4-5H,3H2,1-2H3. The maximum Gasteiger partial charge on any atom is 0.146 e. The Labute approximate surface area is 90.9 Å². The van der Waals surface area contributed by atoms with E-state index in [2.05, 4.69) is 46.4 Å². The summed E-state index contributed by atoms with van der Waals surface area (Å²) in [5.41, 5.74) is 0. The molecule has 0 saturated carbocycles. The van der Waals surface area contributed by atoms with Crippen molar-refractivity contribution >= 4 is 34.2 Å². The summed E-state index contributed by atoms with van der Waals surface area (Å²) < 4.78 is 0.904. The minimum absolute atomic E-state index is 0.388. The molecule has 1 aromatic heterocycles. The van der Waals surface area contributed by atoms with Gasteiger partial charge in [0.2, 0.25) is 0 Å².